The summed E-state index contributed by atoms with van der Waals surface area (Å²) in [7, 11) is 0. The number of hydrogen-bond donors (Lipinski definition) is 1. The van der Waals surface area contributed by atoms with E-state index in [9.17, 15) is 4.48 Å². The number of nitrogens with two attached hydrogens (primary N) is 1. The predicted octanol–water partition coefficient (Wildman–Crippen LogP) is 0.113. The number of amidine groups is 1. The van der Waals surface area contributed by atoms with Gasteiger partial charge in [-0.3, -0.25) is 0 Å². The van der Waals surface area contributed by atoms with Gasteiger partial charge in [0.25, 0.3) is 6.20 Å². The maximum Gasteiger partial charge on any atom is 0.251 e. The van der Waals surface area contributed by atoms with Crippen molar-refractivity contribution in [2.24, 2.45) is 15.9 Å². The van der Waals surface area contributed by atoms with Crippen molar-refractivity contribution in [3.63, 3.8) is 0 Å². The quantitative estimate of drug-likeness (QED) is 0.432. The van der Waals surface area contributed by atoms with Crippen LogP contribution in [0.5, 0.6) is 0 Å². The third-order valence-corrected chi connectivity index (χ3v) is 1.78. The second kappa shape index (κ2) is 5.28. The van der Waals surface area contributed by atoms with E-state index < -0.39 is 0 Å². The summed E-state index contributed by atoms with van der Waals surface area (Å²) in [5, 5.41) is 11.1. The van der Waals surface area contributed by atoms with Gasteiger partial charge in [-0.15, -0.1) is 5.10 Å². The van der Waals surface area contributed by atoms with Gasteiger partial charge in [-0.2, -0.15) is 5.10 Å². The summed E-state index contributed by atoms with van der Waals surface area (Å²) in [5.74, 6) is 0. The molecule has 2 N–H and O–H groups in total. The molecule has 0 atom stereocenters. The van der Waals surface area contributed by atoms with Crippen LogP contribution in [0.1, 0.15) is 5.56 Å². The van der Waals surface area contributed by atoms with E-state index in [1.807, 2.05) is 0 Å². The summed E-state index contributed by atoms with van der Waals surface area (Å²) in [6, 6.07) is 1.52. The minimum atomic E-state index is 0.205. The molecule has 0 spiro atoms. The maximum absolute atomic E-state index is 12.3. The maximum atomic E-state index is 12.3. The third-order valence-electron chi connectivity index (χ3n) is 1.28. The van der Waals surface area contributed by atoms with Gasteiger partial charge < -0.3 is 5.73 Å². The van der Waals surface area contributed by atoms with Gasteiger partial charge in [-0.25, -0.2) is 0 Å². The molecule has 0 fully saturated rings. The Morgan fingerprint density at radius 2 is 2.57 bits per heavy atom. The zero-order valence-corrected chi connectivity index (χ0v) is 8.28. The molecule has 1 aromatic heterocycles. The Bertz CT molecular complexity index is 348. The van der Waals surface area contributed by atoms with Crippen LogP contribution in [-0.4, -0.2) is 22.7 Å². The molecular formula is C7H9FN5S+. The van der Waals surface area contributed by atoms with E-state index in [1.54, 1.807) is 6.26 Å². The summed E-state index contributed by atoms with van der Waals surface area (Å²) in [5.41, 5.74) is 6.03. The largest absolute Gasteiger partial charge is 0.377 e. The van der Waals surface area contributed by atoms with Crippen LogP contribution in [0.4, 0.5) is 4.48 Å². The fraction of sp³-hybridized carbons (Fsp3) is 0.143. The smallest absolute Gasteiger partial charge is 0.251 e. The standard InChI is InChI=1S/C7H8FN5S/c1-14-7(9)12-10-4-6-2-3-13(8)11-5-6/h2-5,9H,1H3/p+1. The lowest BCUT2D eigenvalue weighted by molar-refractivity contribution is -0.891. The normalized spacial score (nSPS) is 12.3. The Morgan fingerprint density at radius 3 is 3.14 bits per heavy atom. The minimum Gasteiger partial charge on any atom is -0.377 e. The van der Waals surface area contributed by atoms with Crippen molar-refractivity contribution >= 4 is 23.1 Å². The molecule has 0 saturated carbocycles. The van der Waals surface area contributed by atoms with Gasteiger partial charge in [0, 0.05) is 16.7 Å². The van der Waals surface area contributed by atoms with E-state index in [1.165, 1.54) is 36.4 Å². The monoisotopic (exact) mass is 214 g/mol. The molecule has 7 heteroatoms. The molecule has 0 amide bonds. The van der Waals surface area contributed by atoms with Crippen molar-refractivity contribution in [2.45, 2.75) is 0 Å². The highest BCUT2D eigenvalue weighted by molar-refractivity contribution is 8.13. The first-order valence-electron chi connectivity index (χ1n) is 3.67. The van der Waals surface area contributed by atoms with Crippen LogP contribution >= 0.6 is 11.8 Å². The van der Waals surface area contributed by atoms with Gasteiger partial charge >= 0.3 is 0 Å². The Balaban J connectivity index is 2.65. The molecule has 1 rings (SSSR count). The van der Waals surface area contributed by atoms with Gasteiger partial charge in [0.05, 0.1) is 6.21 Å². The van der Waals surface area contributed by atoms with E-state index in [-0.39, 0.29) is 4.90 Å². The topological polar surface area (TPSA) is 67.5 Å². The second-order valence-electron chi connectivity index (χ2n) is 2.24. The van der Waals surface area contributed by atoms with Gasteiger partial charge in [0.2, 0.25) is 0 Å². The predicted molar refractivity (Wildman–Crippen MR) is 53.7 cm³/mol. The molecule has 0 aliphatic heterocycles. The van der Waals surface area contributed by atoms with Crippen LogP contribution in [0, 0.1) is 0 Å². The Hall–Kier alpha value is -1.50. The summed E-state index contributed by atoms with van der Waals surface area (Å²) in [4.78, 5) is 0.205. The fourth-order valence-corrected chi connectivity index (χ4v) is 0.749. The van der Waals surface area contributed by atoms with Crippen LogP contribution in [0.15, 0.2) is 28.7 Å². The van der Waals surface area contributed by atoms with Gasteiger partial charge in [-0.1, -0.05) is 11.8 Å². The lowest BCUT2D eigenvalue weighted by Gasteiger charge is -1.87. The number of rotatable bonds is 2. The van der Waals surface area contributed by atoms with Gasteiger partial charge in [0.15, 0.2) is 5.17 Å². The van der Waals surface area contributed by atoms with E-state index >= 15 is 0 Å². The van der Waals surface area contributed by atoms with Crippen molar-refractivity contribution in [1.82, 2.24) is 5.10 Å². The molecule has 0 saturated heterocycles. The number of thioether (sulfide) groups is 1. The van der Waals surface area contributed by atoms with Crippen LogP contribution < -0.4 is 10.6 Å². The fourth-order valence-electron chi connectivity index (χ4n) is 0.621. The third kappa shape index (κ3) is 3.48. The zero-order valence-electron chi connectivity index (χ0n) is 7.46. The minimum absolute atomic E-state index is 0.205. The van der Waals surface area contributed by atoms with Crippen LogP contribution in [0.3, 0.4) is 0 Å². The highest BCUT2D eigenvalue weighted by Gasteiger charge is 1.97. The molecule has 0 radical (unpaired) electrons. The van der Waals surface area contributed by atoms with Crippen molar-refractivity contribution in [3.8, 4) is 0 Å². The number of aromatic nitrogens is 2. The molecule has 0 aromatic carbocycles. The molecule has 5 nitrogen and oxygen atoms in total. The SMILES string of the molecule is CS/C(N)=N\N=C\c1cc[n+](F)nc1. The van der Waals surface area contributed by atoms with Crippen molar-refractivity contribution in [1.29, 1.82) is 0 Å². The molecule has 74 valence electrons. The molecule has 0 aliphatic carbocycles. The first kappa shape index (κ1) is 10.6. The highest BCUT2D eigenvalue weighted by atomic mass is 32.2. The Labute approximate surface area is 84.5 Å². The molecule has 1 heterocycles. The number of halogens is 1. The molecule has 14 heavy (non-hydrogen) atoms. The van der Waals surface area contributed by atoms with Crippen LogP contribution in [0.25, 0.3) is 0 Å². The van der Waals surface area contributed by atoms with Crippen LogP contribution in [-0.2, 0) is 0 Å². The van der Waals surface area contributed by atoms with Gasteiger partial charge in [0.1, 0.15) is 15.6 Å². The summed E-state index contributed by atoms with van der Waals surface area (Å²) in [6.45, 7) is 0. The summed E-state index contributed by atoms with van der Waals surface area (Å²) < 4.78 is 12.3. The van der Waals surface area contributed by atoms with Crippen LogP contribution in [0.2, 0.25) is 0 Å². The Morgan fingerprint density at radius 1 is 1.79 bits per heavy atom. The molecular weight excluding hydrogens is 205 g/mol. The highest BCUT2D eigenvalue weighted by Crippen LogP contribution is 1.92. The van der Waals surface area contributed by atoms with E-state index in [0.29, 0.717) is 10.7 Å². The van der Waals surface area contributed by atoms with Crippen molar-refractivity contribution < 1.29 is 9.39 Å². The first-order chi connectivity index (χ1) is 6.72. The Kier molecular flexibility index (Phi) is 3.99. The van der Waals surface area contributed by atoms with E-state index in [2.05, 4.69) is 15.3 Å². The average Bonchev–Trinajstić information content (AvgIpc) is 2.21. The number of nitrogens with zero attached hydrogens (tertiary/aromatic N) is 4. The van der Waals surface area contributed by atoms with Crippen molar-refractivity contribution in [2.75, 3.05) is 6.26 Å². The zero-order chi connectivity index (χ0) is 10.4. The first-order valence-corrected chi connectivity index (χ1v) is 4.89. The molecule has 0 aliphatic rings. The number of hydrogen-bond acceptors (Lipinski definition) is 4. The summed E-state index contributed by atoms with van der Waals surface area (Å²) in [6.07, 6.45) is 5.73. The molecule has 1 aromatic rings. The molecule has 0 unspecified atom stereocenters. The van der Waals surface area contributed by atoms with Crippen molar-refractivity contribution in [3.05, 3.63) is 24.0 Å². The van der Waals surface area contributed by atoms with E-state index in [0.717, 1.165) is 0 Å². The van der Waals surface area contributed by atoms with E-state index in [4.69, 9.17) is 5.73 Å². The summed E-state index contributed by atoms with van der Waals surface area (Å²) >= 11 is 1.30. The van der Waals surface area contributed by atoms with Gasteiger partial charge in [-0.05, 0) is 6.26 Å². The average molecular weight is 214 g/mol. The second-order valence-corrected chi connectivity index (χ2v) is 3.06. The lowest BCUT2D eigenvalue weighted by Crippen LogP contribution is -2.26. The molecule has 0 bridgehead atoms. The lowest BCUT2D eigenvalue weighted by atomic mass is 10.3.